The summed E-state index contributed by atoms with van der Waals surface area (Å²) in [5.41, 5.74) is 1.32. The summed E-state index contributed by atoms with van der Waals surface area (Å²) in [6, 6.07) is 10.0. The Kier molecular flexibility index (Phi) is 5.38. The maximum atomic E-state index is 6.06. The van der Waals surface area contributed by atoms with Crippen molar-refractivity contribution in [3.05, 3.63) is 53.7 Å². The highest BCUT2D eigenvalue weighted by molar-refractivity contribution is 5.06. The topological polar surface area (TPSA) is 47.7 Å². The lowest BCUT2D eigenvalue weighted by atomic mass is 9.76. The zero-order valence-corrected chi connectivity index (χ0v) is 15.5. The van der Waals surface area contributed by atoms with E-state index in [-0.39, 0.29) is 6.10 Å². The summed E-state index contributed by atoms with van der Waals surface area (Å²) < 4.78 is 17.6. The van der Waals surface area contributed by atoms with Gasteiger partial charge in [-0.1, -0.05) is 6.07 Å². The Balaban J connectivity index is 1.20. The summed E-state index contributed by atoms with van der Waals surface area (Å²) in [5, 5.41) is 0. The van der Waals surface area contributed by atoms with Crippen molar-refractivity contribution in [1.82, 2.24) is 9.88 Å². The van der Waals surface area contributed by atoms with Gasteiger partial charge in [0.2, 0.25) is 0 Å². The molecule has 1 atom stereocenters. The zero-order valence-electron chi connectivity index (χ0n) is 15.5. The zero-order chi connectivity index (χ0) is 17.8. The predicted octanol–water partition coefficient (Wildman–Crippen LogP) is 3.57. The van der Waals surface area contributed by atoms with Gasteiger partial charge in [0.25, 0.3) is 0 Å². The van der Waals surface area contributed by atoms with Gasteiger partial charge in [-0.05, 0) is 69.0 Å². The predicted molar refractivity (Wildman–Crippen MR) is 98.6 cm³/mol. The van der Waals surface area contributed by atoms with Crippen LogP contribution in [0, 0.1) is 12.3 Å². The molecule has 0 saturated carbocycles. The van der Waals surface area contributed by atoms with E-state index in [9.17, 15) is 0 Å². The molecule has 140 valence electrons. The first-order valence-electron chi connectivity index (χ1n) is 9.58. The molecule has 2 fully saturated rings. The third-order valence-corrected chi connectivity index (χ3v) is 5.66. The van der Waals surface area contributed by atoms with Gasteiger partial charge in [0.15, 0.2) is 0 Å². The van der Waals surface area contributed by atoms with Crippen molar-refractivity contribution in [2.75, 3.05) is 26.3 Å². The van der Waals surface area contributed by atoms with E-state index in [0.717, 1.165) is 49.9 Å². The maximum Gasteiger partial charge on any atom is 0.118 e. The summed E-state index contributed by atoms with van der Waals surface area (Å²) in [6.07, 6.45) is 5.53. The highest BCUT2D eigenvalue weighted by atomic mass is 16.5. The Morgan fingerprint density at radius 1 is 1.23 bits per heavy atom. The van der Waals surface area contributed by atoms with Gasteiger partial charge in [-0.25, -0.2) is 0 Å². The number of likely N-dealkylation sites (tertiary alicyclic amines) is 1. The van der Waals surface area contributed by atoms with Crippen molar-refractivity contribution in [3.63, 3.8) is 0 Å². The molecule has 2 saturated heterocycles. The van der Waals surface area contributed by atoms with Crippen LogP contribution in [-0.4, -0.2) is 42.3 Å². The van der Waals surface area contributed by atoms with E-state index in [2.05, 4.69) is 16.0 Å². The molecule has 4 heterocycles. The average Bonchev–Trinajstić information content (AvgIpc) is 3.25. The smallest absolute Gasteiger partial charge is 0.118 e. The van der Waals surface area contributed by atoms with Crippen LogP contribution in [-0.2, 0) is 22.6 Å². The minimum Gasteiger partial charge on any atom is -0.465 e. The molecule has 0 amide bonds. The second-order valence-corrected chi connectivity index (χ2v) is 7.76. The number of nitrogens with zero attached hydrogens (tertiary/aromatic N) is 2. The van der Waals surface area contributed by atoms with Gasteiger partial charge >= 0.3 is 0 Å². The van der Waals surface area contributed by atoms with Crippen LogP contribution in [0.15, 0.2) is 40.9 Å². The third-order valence-electron chi connectivity index (χ3n) is 5.66. The molecule has 5 nitrogen and oxygen atoms in total. The van der Waals surface area contributed by atoms with Crippen molar-refractivity contribution < 1.29 is 13.9 Å². The molecular formula is C21H28N2O3. The molecule has 0 aliphatic carbocycles. The molecule has 0 bridgehead atoms. The highest BCUT2D eigenvalue weighted by Gasteiger charge is 2.42. The average molecular weight is 356 g/mol. The van der Waals surface area contributed by atoms with Crippen LogP contribution in [0.25, 0.3) is 0 Å². The van der Waals surface area contributed by atoms with Gasteiger partial charge in [0, 0.05) is 6.20 Å². The number of aryl methyl sites for hydroxylation is 1. The van der Waals surface area contributed by atoms with Gasteiger partial charge in [0.1, 0.15) is 11.5 Å². The Hall–Kier alpha value is -1.69. The minimum atomic E-state index is 0.220. The second-order valence-electron chi connectivity index (χ2n) is 7.76. The fourth-order valence-electron chi connectivity index (χ4n) is 4.11. The van der Waals surface area contributed by atoms with E-state index in [4.69, 9.17) is 13.9 Å². The molecule has 2 aromatic rings. The summed E-state index contributed by atoms with van der Waals surface area (Å²) >= 11 is 0. The molecule has 0 N–H and O–H groups in total. The van der Waals surface area contributed by atoms with Crippen LogP contribution in [0.2, 0.25) is 0 Å². The number of aromatic nitrogens is 1. The van der Waals surface area contributed by atoms with Crippen molar-refractivity contribution >= 4 is 0 Å². The number of furan rings is 1. The van der Waals surface area contributed by atoms with Crippen LogP contribution in [0.4, 0.5) is 0 Å². The first-order chi connectivity index (χ1) is 12.7. The summed E-state index contributed by atoms with van der Waals surface area (Å²) in [5.74, 6) is 2.06. The molecular weight excluding hydrogens is 328 g/mol. The van der Waals surface area contributed by atoms with E-state index in [1.54, 1.807) is 6.20 Å². The fraction of sp³-hybridized carbons (Fsp3) is 0.571. The normalized spacial score (nSPS) is 22.9. The van der Waals surface area contributed by atoms with Crippen molar-refractivity contribution in [2.45, 2.75) is 45.4 Å². The van der Waals surface area contributed by atoms with Crippen molar-refractivity contribution in [3.8, 4) is 0 Å². The van der Waals surface area contributed by atoms with Crippen LogP contribution in [0.5, 0.6) is 0 Å². The van der Waals surface area contributed by atoms with Crippen LogP contribution < -0.4 is 0 Å². The highest BCUT2D eigenvalue weighted by Crippen LogP contribution is 2.42. The summed E-state index contributed by atoms with van der Waals surface area (Å²) in [7, 11) is 0. The van der Waals surface area contributed by atoms with E-state index in [0.29, 0.717) is 18.6 Å². The first kappa shape index (κ1) is 17.7. The van der Waals surface area contributed by atoms with E-state index < -0.39 is 0 Å². The molecule has 0 unspecified atom stereocenters. The molecule has 0 radical (unpaired) electrons. The maximum absolute atomic E-state index is 6.06. The van der Waals surface area contributed by atoms with Crippen molar-refractivity contribution in [2.24, 2.45) is 5.41 Å². The van der Waals surface area contributed by atoms with Gasteiger partial charge in [-0.15, -0.1) is 0 Å². The summed E-state index contributed by atoms with van der Waals surface area (Å²) in [6.45, 7) is 7.24. The van der Waals surface area contributed by atoms with Crippen LogP contribution >= 0.6 is 0 Å². The first-order valence-corrected chi connectivity index (χ1v) is 9.58. The standard InChI is InChI=1S/C21H28N2O3/c1-17-5-6-19(26-17)13-23-10-7-21(8-11-23)12-20(25-16-21)15-24-14-18-4-2-3-9-22-18/h2-6,9,20H,7-8,10-16H2,1H3/t20-/m1/s1. The SMILES string of the molecule is Cc1ccc(CN2CCC3(CC2)CO[C@@H](COCc2ccccn2)C3)o1. The van der Waals surface area contributed by atoms with Gasteiger partial charge in [-0.2, -0.15) is 0 Å². The number of ether oxygens (including phenoxy) is 2. The largest absolute Gasteiger partial charge is 0.465 e. The lowest BCUT2D eigenvalue weighted by molar-refractivity contribution is 0.00544. The molecule has 4 rings (SSSR count). The molecule has 26 heavy (non-hydrogen) atoms. The molecule has 0 aromatic carbocycles. The molecule has 1 spiro atoms. The minimum absolute atomic E-state index is 0.220. The van der Waals surface area contributed by atoms with Crippen LogP contribution in [0.3, 0.4) is 0 Å². The Bertz CT molecular complexity index is 692. The second kappa shape index (κ2) is 7.91. The van der Waals surface area contributed by atoms with Crippen molar-refractivity contribution in [1.29, 1.82) is 0 Å². The Morgan fingerprint density at radius 3 is 2.85 bits per heavy atom. The van der Waals surface area contributed by atoms with Gasteiger partial charge in [-0.3, -0.25) is 9.88 Å². The number of hydrogen-bond donors (Lipinski definition) is 0. The van der Waals surface area contributed by atoms with Gasteiger partial charge < -0.3 is 13.9 Å². The van der Waals surface area contributed by atoms with E-state index >= 15 is 0 Å². The summed E-state index contributed by atoms with van der Waals surface area (Å²) in [4.78, 5) is 6.79. The fourth-order valence-corrected chi connectivity index (χ4v) is 4.11. The van der Waals surface area contributed by atoms with Crippen LogP contribution in [0.1, 0.15) is 36.5 Å². The molecule has 2 aromatic heterocycles. The monoisotopic (exact) mass is 356 g/mol. The Morgan fingerprint density at radius 2 is 2.12 bits per heavy atom. The molecule has 2 aliphatic heterocycles. The number of piperidine rings is 1. The lowest BCUT2D eigenvalue weighted by Crippen LogP contribution is -2.40. The lowest BCUT2D eigenvalue weighted by Gasteiger charge is -2.38. The number of rotatable bonds is 6. The van der Waals surface area contributed by atoms with E-state index in [1.165, 1.54) is 12.8 Å². The molecule has 5 heteroatoms. The quantitative estimate of drug-likeness (QED) is 0.792. The number of hydrogen-bond acceptors (Lipinski definition) is 5. The number of pyridine rings is 1. The molecule has 2 aliphatic rings. The Labute approximate surface area is 155 Å². The third kappa shape index (κ3) is 4.34. The van der Waals surface area contributed by atoms with E-state index in [1.807, 2.05) is 31.2 Å². The van der Waals surface area contributed by atoms with Gasteiger partial charge in [0.05, 0.1) is 38.2 Å².